The number of alkyl halides is 2. The summed E-state index contributed by atoms with van der Waals surface area (Å²) in [6, 6.07) is 5.94. The molecule has 4 nitrogen and oxygen atoms in total. The molecule has 1 amide bonds. The summed E-state index contributed by atoms with van der Waals surface area (Å²) in [5, 5.41) is 3.00. The molecule has 0 aromatic heterocycles. The third-order valence-electron chi connectivity index (χ3n) is 3.80. The van der Waals surface area contributed by atoms with Gasteiger partial charge in [0.1, 0.15) is 5.75 Å². The molecule has 122 valence electrons. The fraction of sp³-hybridized carbons (Fsp3) is 0.562. The highest BCUT2D eigenvalue weighted by atomic mass is 19.3. The Balaban J connectivity index is 1.82. The second-order valence-electron chi connectivity index (χ2n) is 5.49. The van der Waals surface area contributed by atoms with Crippen LogP contribution in [-0.2, 0) is 0 Å². The maximum absolute atomic E-state index is 12.1. The highest BCUT2D eigenvalue weighted by Crippen LogP contribution is 2.16. The van der Waals surface area contributed by atoms with Gasteiger partial charge >= 0.3 is 6.61 Å². The molecular formula is C16H22F2N2O2. The van der Waals surface area contributed by atoms with Crippen molar-refractivity contribution < 1.29 is 18.3 Å². The number of piperidine rings is 1. The van der Waals surface area contributed by atoms with Gasteiger partial charge in [0.05, 0.1) is 0 Å². The minimum Gasteiger partial charge on any atom is -0.435 e. The van der Waals surface area contributed by atoms with Crippen molar-refractivity contribution in [3.63, 3.8) is 0 Å². The van der Waals surface area contributed by atoms with Gasteiger partial charge in [0.2, 0.25) is 0 Å². The highest BCUT2D eigenvalue weighted by Gasteiger charge is 2.20. The van der Waals surface area contributed by atoms with Crippen LogP contribution in [0.4, 0.5) is 8.78 Å². The summed E-state index contributed by atoms with van der Waals surface area (Å²) >= 11 is 0. The van der Waals surface area contributed by atoms with E-state index in [2.05, 4.69) is 21.9 Å². The molecule has 1 aromatic rings. The van der Waals surface area contributed by atoms with E-state index < -0.39 is 6.61 Å². The van der Waals surface area contributed by atoms with Gasteiger partial charge in [0.15, 0.2) is 0 Å². The van der Waals surface area contributed by atoms with Crippen LogP contribution in [0.3, 0.4) is 0 Å². The quantitative estimate of drug-likeness (QED) is 0.878. The molecule has 0 unspecified atom stereocenters. The number of nitrogens with one attached hydrogen (secondary N) is 1. The fourth-order valence-electron chi connectivity index (χ4n) is 2.67. The fourth-order valence-corrected chi connectivity index (χ4v) is 2.67. The largest absolute Gasteiger partial charge is 0.435 e. The molecule has 1 fully saturated rings. The Kier molecular flexibility index (Phi) is 6.12. The average molecular weight is 312 g/mol. The molecule has 1 aromatic carbocycles. The first-order chi connectivity index (χ1) is 10.6. The number of ether oxygens (including phenoxy) is 1. The Morgan fingerprint density at radius 1 is 1.32 bits per heavy atom. The van der Waals surface area contributed by atoms with Crippen LogP contribution in [0, 0.1) is 0 Å². The van der Waals surface area contributed by atoms with Crippen LogP contribution in [0.5, 0.6) is 5.75 Å². The molecule has 1 saturated heterocycles. The third-order valence-corrected chi connectivity index (χ3v) is 3.80. The van der Waals surface area contributed by atoms with Gasteiger partial charge < -0.3 is 15.0 Å². The topological polar surface area (TPSA) is 41.6 Å². The SMILES string of the molecule is CCCN1CCC(NC(=O)c2ccc(OC(F)F)cc2)CC1. The smallest absolute Gasteiger partial charge is 0.387 e. The van der Waals surface area contributed by atoms with Gasteiger partial charge in [0, 0.05) is 24.7 Å². The number of hydrogen-bond acceptors (Lipinski definition) is 3. The molecule has 0 saturated carbocycles. The van der Waals surface area contributed by atoms with Crippen molar-refractivity contribution in [1.29, 1.82) is 0 Å². The number of carbonyl (C=O) groups excluding carboxylic acids is 1. The Labute approximate surface area is 129 Å². The van der Waals surface area contributed by atoms with E-state index in [1.54, 1.807) is 0 Å². The summed E-state index contributed by atoms with van der Waals surface area (Å²) in [7, 11) is 0. The van der Waals surface area contributed by atoms with Crippen LogP contribution in [0.15, 0.2) is 24.3 Å². The zero-order chi connectivity index (χ0) is 15.9. The summed E-state index contributed by atoms with van der Waals surface area (Å²) in [6.45, 7) is 2.41. The molecule has 2 rings (SSSR count). The van der Waals surface area contributed by atoms with E-state index in [0.29, 0.717) is 5.56 Å². The molecule has 1 aliphatic rings. The number of rotatable bonds is 6. The second-order valence-corrected chi connectivity index (χ2v) is 5.49. The van der Waals surface area contributed by atoms with E-state index in [0.717, 1.165) is 38.9 Å². The zero-order valence-corrected chi connectivity index (χ0v) is 12.7. The molecular weight excluding hydrogens is 290 g/mol. The summed E-state index contributed by atoms with van der Waals surface area (Å²) in [5.41, 5.74) is 0.456. The van der Waals surface area contributed by atoms with Crippen molar-refractivity contribution in [2.24, 2.45) is 0 Å². The molecule has 0 spiro atoms. The number of hydrogen-bond donors (Lipinski definition) is 1. The third kappa shape index (κ3) is 4.94. The van der Waals surface area contributed by atoms with Crippen molar-refractivity contribution in [3.05, 3.63) is 29.8 Å². The lowest BCUT2D eigenvalue weighted by atomic mass is 10.0. The molecule has 0 radical (unpaired) electrons. The summed E-state index contributed by atoms with van der Waals surface area (Å²) < 4.78 is 28.4. The maximum atomic E-state index is 12.1. The molecule has 0 aliphatic carbocycles. The second kappa shape index (κ2) is 8.08. The highest BCUT2D eigenvalue weighted by molar-refractivity contribution is 5.94. The van der Waals surface area contributed by atoms with Gasteiger partial charge in [-0.3, -0.25) is 4.79 Å². The first-order valence-electron chi connectivity index (χ1n) is 7.66. The van der Waals surface area contributed by atoms with E-state index in [1.165, 1.54) is 24.3 Å². The Morgan fingerprint density at radius 2 is 1.95 bits per heavy atom. The van der Waals surface area contributed by atoms with Crippen LogP contribution in [-0.4, -0.2) is 43.1 Å². The van der Waals surface area contributed by atoms with Crippen molar-refractivity contribution in [1.82, 2.24) is 10.2 Å². The van der Waals surface area contributed by atoms with E-state index in [1.807, 2.05) is 0 Å². The van der Waals surface area contributed by atoms with Crippen molar-refractivity contribution in [2.45, 2.75) is 38.8 Å². The van der Waals surface area contributed by atoms with Crippen LogP contribution >= 0.6 is 0 Å². The minimum absolute atomic E-state index is 0.0550. The Morgan fingerprint density at radius 3 is 2.50 bits per heavy atom. The minimum atomic E-state index is -2.85. The standard InChI is InChI=1S/C16H22F2N2O2/c1-2-9-20-10-7-13(8-11-20)19-15(21)12-3-5-14(6-4-12)22-16(17)18/h3-6,13,16H,2,7-11H2,1H3,(H,19,21). The van der Waals surface area contributed by atoms with Crippen LogP contribution < -0.4 is 10.1 Å². The van der Waals surface area contributed by atoms with Crippen molar-refractivity contribution >= 4 is 5.91 Å². The van der Waals surface area contributed by atoms with Gasteiger partial charge in [0.25, 0.3) is 5.91 Å². The summed E-state index contributed by atoms with van der Waals surface area (Å²) in [4.78, 5) is 14.5. The van der Waals surface area contributed by atoms with Gasteiger partial charge in [-0.1, -0.05) is 6.92 Å². The maximum Gasteiger partial charge on any atom is 0.387 e. The number of benzene rings is 1. The predicted molar refractivity (Wildman–Crippen MR) is 80.3 cm³/mol. The molecule has 1 aliphatic heterocycles. The molecule has 22 heavy (non-hydrogen) atoms. The normalized spacial score (nSPS) is 16.7. The first-order valence-corrected chi connectivity index (χ1v) is 7.66. The number of likely N-dealkylation sites (tertiary alicyclic amines) is 1. The lowest BCUT2D eigenvalue weighted by molar-refractivity contribution is -0.0498. The number of halogens is 2. The van der Waals surface area contributed by atoms with E-state index in [4.69, 9.17) is 0 Å². The Hall–Kier alpha value is -1.69. The lowest BCUT2D eigenvalue weighted by Gasteiger charge is -2.32. The van der Waals surface area contributed by atoms with Gasteiger partial charge in [-0.2, -0.15) is 8.78 Å². The molecule has 0 bridgehead atoms. The first kappa shape index (κ1) is 16.7. The van der Waals surface area contributed by atoms with Crippen LogP contribution in [0.1, 0.15) is 36.5 Å². The summed E-state index contributed by atoms with van der Waals surface area (Å²) in [5.74, 6) is -0.114. The van der Waals surface area contributed by atoms with Gasteiger partial charge in [-0.05, 0) is 50.1 Å². The zero-order valence-electron chi connectivity index (χ0n) is 12.7. The summed E-state index contributed by atoms with van der Waals surface area (Å²) in [6.07, 6.45) is 3.03. The average Bonchev–Trinajstić information content (AvgIpc) is 2.49. The lowest BCUT2D eigenvalue weighted by Crippen LogP contribution is -2.44. The molecule has 1 heterocycles. The van der Waals surface area contributed by atoms with E-state index in [-0.39, 0.29) is 17.7 Å². The Bertz CT molecular complexity index is 472. The molecule has 6 heteroatoms. The van der Waals surface area contributed by atoms with E-state index >= 15 is 0 Å². The van der Waals surface area contributed by atoms with Crippen LogP contribution in [0.25, 0.3) is 0 Å². The van der Waals surface area contributed by atoms with E-state index in [9.17, 15) is 13.6 Å². The number of carbonyl (C=O) groups is 1. The predicted octanol–water partition coefficient (Wildman–Crippen LogP) is 2.89. The number of amides is 1. The van der Waals surface area contributed by atoms with Crippen LogP contribution in [0.2, 0.25) is 0 Å². The monoisotopic (exact) mass is 312 g/mol. The van der Waals surface area contributed by atoms with Gasteiger partial charge in [-0.25, -0.2) is 0 Å². The number of nitrogens with zero attached hydrogens (tertiary/aromatic N) is 1. The molecule has 0 atom stereocenters. The van der Waals surface area contributed by atoms with Crippen molar-refractivity contribution in [2.75, 3.05) is 19.6 Å². The molecule has 1 N–H and O–H groups in total. The van der Waals surface area contributed by atoms with Gasteiger partial charge in [-0.15, -0.1) is 0 Å². The van der Waals surface area contributed by atoms with Crippen molar-refractivity contribution in [3.8, 4) is 5.75 Å².